The van der Waals surface area contributed by atoms with Crippen LogP contribution in [0, 0.1) is 0 Å². The number of rotatable bonds is 4. The summed E-state index contributed by atoms with van der Waals surface area (Å²) in [5.74, 6) is 0. The predicted molar refractivity (Wildman–Crippen MR) is 74.8 cm³/mol. The minimum atomic E-state index is -0.910. The van der Waals surface area contributed by atoms with E-state index in [4.69, 9.17) is 0 Å². The Balaban J connectivity index is 2.05. The maximum Gasteiger partial charge on any atom is 0.100 e. The van der Waals surface area contributed by atoms with Crippen molar-refractivity contribution in [2.75, 3.05) is 26.0 Å². The fourth-order valence-electron chi connectivity index (χ4n) is 2.54. The Morgan fingerprint density at radius 2 is 2.17 bits per heavy atom. The van der Waals surface area contributed by atoms with Crippen LogP contribution in [-0.4, -0.2) is 46.7 Å². The molecular weight excluding hydrogens is 246 g/mol. The van der Waals surface area contributed by atoms with Crippen LogP contribution in [0.15, 0.2) is 29.2 Å². The van der Waals surface area contributed by atoms with Gasteiger partial charge in [0.05, 0.1) is 6.61 Å². The number of β-amino-alcohol motifs (C(OH)–C–C–N with tert-alkyl or cyclic N) is 1. The zero-order chi connectivity index (χ0) is 13.0. The van der Waals surface area contributed by atoms with Gasteiger partial charge < -0.3 is 10.2 Å². The quantitative estimate of drug-likeness (QED) is 0.815. The van der Waals surface area contributed by atoms with Crippen LogP contribution in [0.25, 0.3) is 0 Å². The first-order valence-corrected chi connectivity index (χ1v) is 7.57. The second-order valence-corrected chi connectivity index (χ2v) is 5.86. The van der Waals surface area contributed by atoms with Crippen LogP contribution in [0.1, 0.15) is 18.4 Å². The number of aliphatic hydroxyl groups is 2. The molecule has 0 radical (unpaired) electrons. The van der Waals surface area contributed by atoms with Crippen molar-refractivity contribution in [2.24, 2.45) is 0 Å². The lowest BCUT2D eigenvalue weighted by molar-refractivity contribution is -0.0688. The zero-order valence-corrected chi connectivity index (χ0v) is 11.6. The molecule has 1 fully saturated rings. The normalized spacial score (nSPS) is 25.3. The SMILES string of the molecule is CSc1ccccc1CN1CCC[C@](O)(CO)C1. The molecule has 100 valence electrons. The van der Waals surface area contributed by atoms with Gasteiger partial charge in [0, 0.05) is 18.0 Å². The Labute approximate surface area is 113 Å². The average Bonchev–Trinajstić information content (AvgIpc) is 2.39. The first-order valence-electron chi connectivity index (χ1n) is 6.34. The summed E-state index contributed by atoms with van der Waals surface area (Å²) in [6.07, 6.45) is 3.72. The molecule has 0 aliphatic carbocycles. The van der Waals surface area contributed by atoms with Gasteiger partial charge in [-0.1, -0.05) is 18.2 Å². The summed E-state index contributed by atoms with van der Waals surface area (Å²) in [6.45, 7) is 2.25. The van der Waals surface area contributed by atoms with Crippen molar-refractivity contribution in [1.29, 1.82) is 0 Å². The van der Waals surface area contributed by atoms with Crippen LogP contribution in [0.4, 0.5) is 0 Å². The van der Waals surface area contributed by atoms with Crippen molar-refractivity contribution < 1.29 is 10.2 Å². The van der Waals surface area contributed by atoms with E-state index in [-0.39, 0.29) is 6.61 Å². The van der Waals surface area contributed by atoms with Crippen molar-refractivity contribution in [3.05, 3.63) is 29.8 Å². The summed E-state index contributed by atoms with van der Waals surface area (Å²) >= 11 is 1.75. The number of piperidine rings is 1. The molecule has 1 aliphatic heterocycles. The van der Waals surface area contributed by atoms with Gasteiger partial charge in [-0.15, -0.1) is 11.8 Å². The molecule has 4 heteroatoms. The van der Waals surface area contributed by atoms with Gasteiger partial charge in [-0.05, 0) is 37.3 Å². The molecule has 2 rings (SSSR count). The van der Waals surface area contributed by atoms with E-state index in [9.17, 15) is 10.2 Å². The highest BCUT2D eigenvalue weighted by Gasteiger charge is 2.32. The van der Waals surface area contributed by atoms with Gasteiger partial charge in [0.15, 0.2) is 0 Å². The Morgan fingerprint density at radius 3 is 2.89 bits per heavy atom. The number of likely N-dealkylation sites (tertiary alicyclic amines) is 1. The standard InChI is InChI=1S/C14H21NO2S/c1-18-13-6-3-2-5-12(13)9-15-8-4-7-14(17,10-15)11-16/h2-3,5-6,16-17H,4,7-11H2,1H3/t14-/m1/s1. The van der Waals surface area contributed by atoms with Crippen molar-refractivity contribution >= 4 is 11.8 Å². The highest BCUT2D eigenvalue weighted by Crippen LogP contribution is 2.25. The minimum Gasteiger partial charge on any atom is -0.393 e. The molecule has 0 aromatic heterocycles. The van der Waals surface area contributed by atoms with E-state index in [2.05, 4.69) is 35.4 Å². The smallest absolute Gasteiger partial charge is 0.100 e. The van der Waals surface area contributed by atoms with E-state index >= 15 is 0 Å². The van der Waals surface area contributed by atoms with Gasteiger partial charge in [0.25, 0.3) is 0 Å². The van der Waals surface area contributed by atoms with E-state index in [0.29, 0.717) is 13.0 Å². The molecule has 0 bridgehead atoms. The van der Waals surface area contributed by atoms with Crippen molar-refractivity contribution in [3.8, 4) is 0 Å². The molecule has 1 saturated heterocycles. The number of nitrogens with zero attached hydrogens (tertiary/aromatic N) is 1. The summed E-state index contributed by atoms with van der Waals surface area (Å²) in [6, 6.07) is 8.37. The topological polar surface area (TPSA) is 43.7 Å². The van der Waals surface area contributed by atoms with Crippen LogP contribution in [0.2, 0.25) is 0 Å². The van der Waals surface area contributed by atoms with Crippen LogP contribution in [0.3, 0.4) is 0 Å². The number of benzene rings is 1. The summed E-state index contributed by atoms with van der Waals surface area (Å²) in [5, 5.41) is 19.4. The highest BCUT2D eigenvalue weighted by molar-refractivity contribution is 7.98. The van der Waals surface area contributed by atoms with Gasteiger partial charge in [-0.25, -0.2) is 0 Å². The Bertz CT molecular complexity index is 399. The third kappa shape index (κ3) is 3.26. The molecule has 0 spiro atoms. The van der Waals surface area contributed by atoms with Gasteiger partial charge >= 0.3 is 0 Å². The van der Waals surface area contributed by atoms with Gasteiger partial charge in [-0.3, -0.25) is 4.90 Å². The maximum absolute atomic E-state index is 10.2. The summed E-state index contributed by atoms with van der Waals surface area (Å²) in [7, 11) is 0. The Morgan fingerprint density at radius 1 is 1.39 bits per heavy atom. The van der Waals surface area contributed by atoms with E-state index in [1.807, 2.05) is 0 Å². The monoisotopic (exact) mass is 267 g/mol. The number of hydrogen-bond donors (Lipinski definition) is 2. The van der Waals surface area contributed by atoms with Gasteiger partial charge in [0.2, 0.25) is 0 Å². The molecule has 3 nitrogen and oxygen atoms in total. The second-order valence-electron chi connectivity index (χ2n) is 5.01. The lowest BCUT2D eigenvalue weighted by atomic mass is 9.93. The largest absolute Gasteiger partial charge is 0.393 e. The Kier molecular flexibility index (Phi) is 4.67. The van der Waals surface area contributed by atoms with Crippen LogP contribution in [0.5, 0.6) is 0 Å². The first kappa shape index (κ1) is 13.9. The van der Waals surface area contributed by atoms with Gasteiger partial charge in [0.1, 0.15) is 5.60 Å². The summed E-state index contributed by atoms with van der Waals surface area (Å²) in [4.78, 5) is 3.52. The lowest BCUT2D eigenvalue weighted by Gasteiger charge is -2.38. The summed E-state index contributed by atoms with van der Waals surface area (Å²) in [5.41, 5.74) is 0.388. The fraction of sp³-hybridized carbons (Fsp3) is 0.571. The zero-order valence-electron chi connectivity index (χ0n) is 10.8. The molecular formula is C14H21NO2S. The van der Waals surface area contributed by atoms with E-state index in [1.165, 1.54) is 10.5 Å². The molecule has 1 aliphatic rings. The average molecular weight is 267 g/mol. The van der Waals surface area contributed by atoms with Crippen molar-refractivity contribution in [1.82, 2.24) is 4.90 Å². The van der Waals surface area contributed by atoms with Crippen LogP contribution < -0.4 is 0 Å². The van der Waals surface area contributed by atoms with E-state index in [0.717, 1.165) is 19.5 Å². The van der Waals surface area contributed by atoms with Crippen molar-refractivity contribution in [2.45, 2.75) is 29.9 Å². The van der Waals surface area contributed by atoms with Crippen molar-refractivity contribution in [3.63, 3.8) is 0 Å². The fourth-order valence-corrected chi connectivity index (χ4v) is 3.15. The molecule has 0 saturated carbocycles. The molecule has 1 atom stereocenters. The van der Waals surface area contributed by atoms with E-state index < -0.39 is 5.60 Å². The third-order valence-corrected chi connectivity index (χ3v) is 4.35. The van der Waals surface area contributed by atoms with E-state index in [1.54, 1.807) is 11.8 Å². The second kappa shape index (κ2) is 6.06. The molecule has 2 N–H and O–H groups in total. The highest BCUT2D eigenvalue weighted by atomic mass is 32.2. The Hall–Kier alpha value is -0.550. The molecule has 18 heavy (non-hydrogen) atoms. The van der Waals surface area contributed by atoms with Crippen LogP contribution >= 0.6 is 11.8 Å². The third-order valence-electron chi connectivity index (χ3n) is 3.52. The molecule has 1 aromatic rings. The first-order chi connectivity index (χ1) is 8.67. The molecule has 1 aromatic carbocycles. The lowest BCUT2D eigenvalue weighted by Crippen LogP contribution is -2.50. The van der Waals surface area contributed by atoms with Gasteiger partial charge in [-0.2, -0.15) is 0 Å². The molecule has 1 heterocycles. The van der Waals surface area contributed by atoms with Crippen LogP contribution in [-0.2, 0) is 6.54 Å². The number of hydrogen-bond acceptors (Lipinski definition) is 4. The maximum atomic E-state index is 10.2. The number of aliphatic hydroxyl groups excluding tert-OH is 1. The minimum absolute atomic E-state index is 0.145. The predicted octanol–water partition coefficient (Wildman–Crippen LogP) is 1.73. The molecule has 0 unspecified atom stereocenters. The molecule has 0 amide bonds. The number of thioether (sulfide) groups is 1. The summed E-state index contributed by atoms with van der Waals surface area (Å²) < 4.78 is 0.